The van der Waals surface area contributed by atoms with Gasteiger partial charge < -0.3 is 15.5 Å². The zero-order valence-corrected chi connectivity index (χ0v) is 17.1. The minimum Gasteiger partial charge on any atom is -0.459 e. The number of nitrogens with two attached hydrogens (primary N) is 1. The predicted molar refractivity (Wildman–Crippen MR) is 110 cm³/mol. The van der Waals surface area contributed by atoms with Crippen molar-refractivity contribution in [1.82, 2.24) is 10.3 Å². The molecule has 3 aromatic rings. The standard InChI is InChI=1S/C21H23N3O3S/c1-11-12(2)19(20(22)26)21(24-13(11)3)28-10-18(25)23-14(4)17-9-15-7-5-6-8-16(15)27-17/h5-9,14H,10H2,1-4H3,(H2,22,26)(H,23,25)/t14-/m1/s1. The van der Waals surface area contributed by atoms with Crippen LogP contribution in [0.1, 0.15) is 45.9 Å². The number of thioether (sulfide) groups is 1. The zero-order valence-electron chi connectivity index (χ0n) is 16.3. The molecule has 0 saturated heterocycles. The molecule has 1 aromatic carbocycles. The SMILES string of the molecule is Cc1nc(SCC(=O)N[C@H](C)c2cc3ccccc3o2)c(C(N)=O)c(C)c1C. The van der Waals surface area contributed by atoms with Gasteiger partial charge in [0.1, 0.15) is 16.4 Å². The van der Waals surface area contributed by atoms with E-state index in [2.05, 4.69) is 10.3 Å². The number of rotatable bonds is 6. The highest BCUT2D eigenvalue weighted by atomic mass is 32.2. The van der Waals surface area contributed by atoms with Crippen LogP contribution in [0.15, 0.2) is 39.8 Å². The van der Waals surface area contributed by atoms with Gasteiger partial charge >= 0.3 is 0 Å². The number of furan rings is 1. The minimum absolute atomic E-state index is 0.125. The zero-order chi connectivity index (χ0) is 20.4. The summed E-state index contributed by atoms with van der Waals surface area (Å²) in [5, 5.41) is 4.40. The largest absolute Gasteiger partial charge is 0.459 e. The molecule has 0 aliphatic carbocycles. The molecule has 0 unspecified atom stereocenters. The van der Waals surface area contributed by atoms with E-state index < -0.39 is 5.91 Å². The number of aromatic nitrogens is 1. The van der Waals surface area contributed by atoms with Crippen LogP contribution in [0.3, 0.4) is 0 Å². The van der Waals surface area contributed by atoms with Crippen molar-refractivity contribution in [2.24, 2.45) is 5.73 Å². The summed E-state index contributed by atoms with van der Waals surface area (Å²) >= 11 is 1.21. The van der Waals surface area contributed by atoms with E-state index in [9.17, 15) is 9.59 Å². The first-order chi connectivity index (χ1) is 13.3. The first kappa shape index (κ1) is 19.9. The Labute approximate surface area is 167 Å². The lowest BCUT2D eigenvalue weighted by Crippen LogP contribution is -2.28. The summed E-state index contributed by atoms with van der Waals surface area (Å²) in [5.74, 6) is 0.106. The van der Waals surface area contributed by atoms with Crippen molar-refractivity contribution in [3.8, 4) is 0 Å². The molecule has 3 N–H and O–H groups in total. The van der Waals surface area contributed by atoms with Crippen LogP contribution in [-0.4, -0.2) is 22.6 Å². The van der Waals surface area contributed by atoms with Gasteiger partial charge in [0.05, 0.1) is 17.4 Å². The van der Waals surface area contributed by atoms with Crippen LogP contribution in [-0.2, 0) is 4.79 Å². The number of fused-ring (bicyclic) bond motifs is 1. The van der Waals surface area contributed by atoms with Gasteiger partial charge in [0.2, 0.25) is 5.91 Å². The maximum atomic E-state index is 12.4. The van der Waals surface area contributed by atoms with Gasteiger partial charge in [-0.2, -0.15) is 0 Å². The fraction of sp³-hybridized carbons (Fsp3) is 0.286. The number of nitrogens with one attached hydrogen (secondary N) is 1. The number of hydrogen-bond acceptors (Lipinski definition) is 5. The third kappa shape index (κ3) is 4.04. The number of hydrogen-bond donors (Lipinski definition) is 2. The molecule has 2 aromatic heterocycles. The van der Waals surface area contributed by atoms with Gasteiger partial charge in [0.15, 0.2) is 0 Å². The van der Waals surface area contributed by atoms with E-state index in [1.165, 1.54) is 11.8 Å². The number of pyridine rings is 1. The maximum Gasteiger partial charge on any atom is 0.251 e. The fourth-order valence-electron chi connectivity index (χ4n) is 3.01. The molecule has 146 valence electrons. The quantitative estimate of drug-likeness (QED) is 0.616. The molecule has 0 saturated carbocycles. The van der Waals surface area contributed by atoms with Crippen molar-refractivity contribution < 1.29 is 14.0 Å². The molecule has 6 nitrogen and oxygen atoms in total. The van der Waals surface area contributed by atoms with Crippen LogP contribution in [0.25, 0.3) is 11.0 Å². The summed E-state index contributed by atoms with van der Waals surface area (Å²) in [4.78, 5) is 28.7. The molecule has 28 heavy (non-hydrogen) atoms. The topological polar surface area (TPSA) is 98.2 Å². The molecule has 1 atom stereocenters. The Hall–Kier alpha value is -2.80. The van der Waals surface area contributed by atoms with Crippen molar-refractivity contribution in [2.45, 2.75) is 38.8 Å². The molecule has 2 amide bonds. The van der Waals surface area contributed by atoms with Gasteiger partial charge in [-0.05, 0) is 51.0 Å². The van der Waals surface area contributed by atoms with E-state index in [-0.39, 0.29) is 17.7 Å². The van der Waals surface area contributed by atoms with Crippen LogP contribution in [0.5, 0.6) is 0 Å². The number of amides is 2. The van der Waals surface area contributed by atoms with E-state index >= 15 is 0 Å². The van der Waals surface area contributed by atoms with Crippen LogP contribution < -0.4 is 11.1 Å². The summed E-state index contributed by atoms with van der Waals surface area (Å²) < 4.78 is 5.79. The maximum absolute atomic E-state index is 12.4. The molecule has 0 aliphatic heterocycles. The molecule has 0 radical (unpaired) electrons. The van der Waals surface area contributed by atoms with Crippen LogP contribution in [0, 0.1) is 20.8 Å². The second kappa shape index (κ2) is 8.06. The highest BCUT2D eigenvalue weighted by Gasteiger charge is 2.19. The predicted octanol–water partition coefficient (Wildman–Crippen LogP) is 3.82. The third-order valence-corrected chi connectivity index (χ3v) is 5.77. The molecule has 0 spiro atoms. The Bertz CT molecular complexity index is 1030. The van der Waals surface area contributed by atoms with E-state index in [4.69, 9.17) is 10.2 Å². The molecule has 0 fully saturated rings. The van der Waals surface area contributed by atoms with Crippen LogP contribution in [0.2, 0.25) is 0 Å². The number of para-hydroxylation sites is 1. The Morgan fingerprint density at radius 2 is 1.93 bits per heavy atom. The molecule has 7 heteroatoms. The summed E-state index contributed by atoms with van der Waals surface area (Å²) in [6.45, 7) is 7.49. The monoisotopic (exact) mass is 397 g/mol. The number of primary amides is 1. The second-order valence-corrected chi connectivity index (χ2v) is 7.72. The van der Waals surface area contributed by atoms with Crippen LogP contribution >= 0.6 is 11.8 Å². The lowest BCUT2D eigenvalue weighted by molar-refractivity contribution is -0.119. The van der Waals surface area contributed by atoms with Gasteiger partial charge in [-0.15, -0.1) is 0 Å². The molecule has 0 bridgehead atoms. The number of aryl methyl sites for hydroxylation is 1. The summed E-state index contributed by atoms with van der Waals surface area (Å²) in [6, 6.07) is 9.35. The van der Waals surface area contributed by atoms with Gasteiger partial charge in [0, 0.05) is 11.1 Å². The Morgan fingerprint density at radius 1 is 1.21 bits per heavy atom. The van der Waals surface area contributed by atoms with Gasteiger partial charge in [-0.3, -0.25) is 9.59 Å². The summed E-state index contributed by atoms with van der Waals surface area (Å²) in [7, 11) is 0. The van der Waals surface area contributed by atoms with Gasteiger partial charge in [-0.25, -0.2) is 4.98 Å². The van der Waals surface area contributed by atoms with Gasteiger partial charge in [-0.1, -0.05) is 30.0 Å². The minimum atomic E-state index is -0.536. The average Bonchev–Trinajstić information content (AvgIpc) is 3.08. The lowest BCUT2D eigenvalue weighted by atomic mass is 10.0. The summed E-state index contributed by atoms with van der Waals surface area (Å²) in [6.07, 6.45) is 0. The number of carbonyl (C=O) groups excluding carboxylic acids is 2. The molecular weight excluding hydrogens is 374 g/mol. The lowest BCUT2D eigenvalue weighted by Gasteiger charge is -2.14. The van der Waals surface area contributed by atoms with Crippen molar-refractivity contribution in [3.63, 3.8) is 0 Å². The van der Waals surface area contributed by atoms with Crippen LogP contribution in [0.4, 0.5) is 0 Å². The van der Waals surface area contributed by atoms with E-state index in [1.54, 1.807) is 0 Å². The highest BCUT2D eigenvalue weighted by molar-refractivity contribution is 8.00. The van der Waals surface area contributed by atoms with Crippen molar-refractivity contribution >= 4 is 34.5 Å². The number of carbonyl (C=O) groups is 2. The molecular formula is C21H23N3O3S. The fourth-order valence-corrected chi connectivity index (χ4v) is 3.96. The first-order valence-corrected chi connectivity index (χ1v) is 9.94. The van der Waals surface area contributed by atoms with Crippen molar-refractivity contribution in [1.29, 1.82) is 0 Å². The molecule has 3 rings (SSSR count). The molecule has 0 aliphatic rings. The average molecular weight is 398 g/mol. The van der Waals surface area contributed by atoms with Crippen molar-refractivity contribution in [2.75, 3.05) is 5.75 Å². The van der Waals surface area contributed by atoms with Crippen molar-refractivity contribution in [3.05, 3.63) is 58.5 Å². The number of benzene rings is 1. The Morgan fingerprint density at radius 3 is 2.61 bits per heavy atom. The van der Waals surface area contributed by atoms with E-state index in [0.29, 0.717) is 16.3 Å². The Kier molecular flexibility index (Phi) is 5.74. The molecule has 2 heterocycles. The normalized spacial score (nSPS) is 12.1. The highest BCUT2D eigenvalue weighted by Crippen LogP contribution is 2.27. The number of nitrogens with zero attached hydrogens (tertiary/aromatic N) is 1. The summed E-state index contributed by atoms with van der Waals surface area (Å²) in [5.41, 5.74) is 9.25. The van der Waals surface area contributed by atoms with Gasteiger partial charge in [0.25, 0.3) is 5.91 Å². The van der Waals surface area contributed by atoms with E-state index in [1.807, 2.05) is 58.0 Å². The smallest absolute Gasteiger partial charge is 0.251 e. The van der Waals surface area contributed by atoms with E-state index in [0.717, 1.165) is 27.8 Å². The second-order valence-electron chi connectivity index (χ2n) is 6.76. The third-order valence-electron chi connectivity index (χ3n) is 4.80. The Balaban J connectivity index is 1.69. The first-order valence-electron chi connectivity index (χ1n) is 8.96.